The number of hydrogen-bond acceptors (Lipinski definition) is 3. The van der Waals surface area contributed by atoms with E-state index in [1.165, 1.54) is 6.26 Å². The van der Waals surface area contributed by atoms with Gasteiger partial charge < -0.3 is 14.2 Å². The highest BCUT2D eigenvalue weighted by atomic mass is 16.6. The van der Waals surface area contributed by atoms with Gasteiger partial charge in [-0.05, 0) is 0 Å². The van der Waals surface area contributed by atoms with Crippen LogP contribution >= 0.6 is 0 Å². The Hall–Kier alpha value is -0.540. The zero-order chi connectivity index (χ0) is 8.81. The van der Waals surface area contributed by atoms with E-state index in [4.69, 9.17) is 14.2 Å². The molecule has 0 spiro atoms. The highest BCUT2D eigenvalue weighted by molar-refractivity contribution is 4.73. The van der Waals surface area contributed by atoms with Crippen molar-refractivity contribution in [1.82, 2.24) is 0 Å². The number of ether oxygens (including phenoxy) is 3. The third kappa shape index (κ3) is 2.83. The van der Waals surface area contributed by atoms with Gasteiger partial charge >= 0.3 is 0 Å². The van der Waals surface area contributed by atoms with Crippen molar-refractivity contribution in [3.63, 3.8) is 0 Å². The van der Waals surface area contributed by atoms with E-state index in [-0.39, 0.29) is 0 Å². The molecular weight excluding hydrogens is 156 g/mol. The van der Waals surface area contributed by atoms with Crippen LogP contribution in [0.4, 0.5) is 0 Å². The summed E-state index contributed by atoms with van der Waals surface area (Å²) in [6.45, 7) is 8.33. The zero-order valence-electron chi connectivity index (χ0n) is 7.49. The van der Waals surface area contributed by atoms with Crippen molar-refractivity contribution in [2.75, 3.05) is 26.4 Å². The molecule has 2 unspecified atom stereocenters. The van der Waals surface area contributed by atoms with Crippen molar-refractivity contribution < 1.29 is 14.2 Å². The van der Waals surface area contributed by atoms with Gasteiger partial charge in [-0.2, -0.15) is 0 Å². The molecule has 1 aliphatic heterocycles. The third-order valence-corrected chi connectivity index (χ3v) is 1.95. The van der Waals surface area contributed by atoms with E-state index in [9.17, 15) is 0 Å². The lowest BCUT2D eigenvalue weighted by Crippen LogP contribution is -2.41. The second kappa shape index (κ2) is 5.17. The van der Waals surface area contributed by atoms with Crippen LogP contribution in [-0.2, 0) is 14.2 Å². The van der Waals surface area contributed by atoms with Gasteiger partial charge in [0, 0.05) is 5.92 Å². The van der Waals surface area contributed by atoms with Gasteiger partial charge in [0.2, 0.25) is 0 Å². The van der Waals surface area contributed by atoms with Crippen LogP contribution in [0, 0.1) is 5.92 Å². The highest BCUT2D eigenvalue weighted by Crippen LogP contribution is 2.19. The summed E-state index contributed by atoms with van der Waals surface area (Å²) in [6.07, 6.45) is 1.72. The molecule has 3 heteroatoms. The fourth-order valence-electron chi connectivity index (χ4n) is 1.03. The predicted molar refractivity (Wildman–Crippen MR) is 45.9 cm³/mol. The Kier molecular flexibility index (Phi) is 4.11. The predicted octanol–water partition coefficient (Wildman–Crippen LogP) is 1.20. The first kappa shape index (κ1) is 9.55. The Balaban J connectivity index is 1.85. The quantitative estimate of drug-likeness (QED) is 0.445. The van der Waals surface area contributed by atoms with E-state index in [0.717, 1.165) is 6.61 Å². The molecule has 0 aromatic heterocycles. The first-order chi connectivity index (χ1) is 5.84. The Morgan fingerprint density at radius 3 is 2.92 bits per heavy atom. The molecule has 0 N–H and O–H groups in total. The molecular formula is C9H16O3. The van der Waals surface area contributed by atoms with Gasteiger partial charge in [-0.25, -0.2) is 0 Å². The molecule has 0 radical (unpaired) electrons. The Labute approximate surface area is 73.3 Å². The average molecular weight is 172 g/mol. The van der Waals surface area contributed by atoms with Crippen molar-refractivity contribution in [2.24, 2.45) is 5.92 Å². The minimum Gasteiger partial charge on any atom is -0.499 e. The molecule has 0 aliphatic carbocycles. The minimum atomic E-state index is 0.300. The van der Waals surface area contributed by atoms with Gasteiger partial charge in [-0.15, -0.1) is 0 Å². The van der Waals surface area contributed by atoms with Crippen LogP contribution < -0.4 is 0 Å². The molecule has 1 heterocycles. The molecule has 0 bridgehead atoms. The Morgan fingerprint density at radius 1 is 1.58 bits per heavy atom. The summed E-state index contributed by atoms with van der Waals surface area (Å²) in [5.74, 6) is 0.644. The van der Waals surface area contributed by atoms with Crippen LogP contribution in [0.3, 0.4) is 0 Å². The van der Waals surface area contributed by atoms with Gasteiger partial charge in [-0.1, -0.05) is 13.5 Å². The third-order valence-electron chi connectivity index (χ3n) is 1.95. The van der Waals surface area contributed by atoms with E-state index in [1.807, 2.05) is 0 Å². The largest absolute Gasteiger partial charge is 0.499 e. The maximum absolute atomic E-state index is 5.31. The summed E-state index contributed by atoms with van der Waals surface area (Å²) in [6, 6.07) is 0. The molecule has 0 saturated carbocycles. The molecule has 0 aromatic carbocycles. The molecule has 12 heavy (non-hydrogen) atoms. The van der Waals surface area contributed by atoms with Crippen molar-refractivity contribution in [3.05, 3.63) is 12.8 Å². The van der Waals surface area contributed by atoms with Crippen molar-refractivity contribution >= 4 is 0 Å². The smallest absolute Gasteiger partial charge is 0.111 e. The van der Waals surface area contributed by atoms with Crippen LogP contribution in [0.5, 0.6) is 0 Å². The van der Waals surface area contributed by atoms with E-state index in [2.05, 4.69) is 13.5 Å². The molecule has 2 atom stereocenters. The second-order valence-corrected chi connectivity index (χ2v) is 2.96. The SMILES string of the molecule is C=COCCOCC1OCC1C. The van der Waals surface area contributed by atoms with Crippen LogP contribution in [-0.4, -0.2) is 32.5 Å². The summed E-state index contributed by atoms with van der Waals surface area (Å²) >= 11 is 0. The lowest BCUT2D eigenvalue weighted by atomic mass is 10.0. The molecule has 1 fully saturated rings. The van der Waals surface area contributed by atoms with Gasteiger partial charge in [0.15, 0.2) is 0 Å². The first-order valence-corrected chi connectivity index (χ1v) is 4.26. The van der Waals surface area contributed by atoms with Crippen LogP contribution in [0.15, 0.2) is 12.8 Å². The Bertz CT molecular complexity index is 136. The highest BCUT2D eigenvalue weighted by Gasteiger charge is 2.27. The first-order valence-electron chi connectivity index (χ1n) is 4.26. The standard InChI is InChI=1S/C9H16O3/c1-3-10-4-5-11-7-9-8(2)6-12-9/h3,8-9H,1,4-7H2,2H3. The molecule has 0 aromatic rings. The van der Waals surface area contributed by atoms with E-state index < -0.39 is 0 Å². The summed E-state index contributed by atoms with van der Waals surface area (Å²) in [5, 5.41) is 0. The minimum absolute atomic E-state index is 0.300. The van der Waals surface area contributed by atoms with Crippen molar-refractivity contribution in [3.8, 4) is 0 Å². The fourth-order valence-corrected chi connectivity index (χ4v) is 1.03. The molecule has 3 nitrogen and oxygen atoms in total. The van der Waals surface area contributed by atoms with Crippen molar-refractivity contribution in [1.29, 1.82) is 0 Å². The summed E-state index contributed by atoms with van der Waals surface area (Å²) in [5.41, 5.74) is 0. The fraction of sp³-hybridized carbons (Fsp3) is 0.778. The zero-order valence-corrected chi connectivity index (χ0v) is 7.49. The maximum atomic E-state index is 5.31. The molecule has 1 saturated heterocycles. The van der Waals surface area contributed by atoms with E-state index >= 15 is 0 Å². The molecule has 70 valence electrons. The lowest BCUT2D eigenvalue weighted by Gasteiger charge is -2.33. The second-order valence-electron chi connectivity index (χ2n) is 2.96. The monoisotopic (exact) mass is 172 g/mol. The van der Waals surface area contributed by atoms with Gasteiger partial charge in [0.05, 0.1) is 32.2 Å². The average Bonchev–Trinajstić information content (AvgIpc) is 2.08. The molecule has 1 aliphatic rings. The normalized spacial score (nSPS) is 27.8. The lowest BCUT2D eigenvalue weighted by molar-refractivity contribution is -0.140. The van der Waals surface area contributed by atoms with Crippen LogP contribution in [0.2, 0.25) is 0 Å². The van der Waals surface area contributed by atoms with Gasteiger partial charge in [-0.3, -0.25) is 0 Å². The van der Waals surface area contributed by atoms with Gasteiger partial charge in [0.25, 0.3) is 0 Å². The summed E-state index contributed by atoms with van der Waals surface area (Å²) in [4.78, 5) is 0. The topological polar surface area (TPSA) is 27.7 Å². The van der Waals surface area contributed by atoms with Crippen LogP contribution in [0.1, 0.15) is 6.92 Å². The Morgan fingerprint density at radius 2 is 2.42 bits per heavy atom. The number of rotatable bonds is 6. The number of hydrogen-bond donors (Lipinski definition) is 0. The molecule has 0 amide bonds. The summed E-state index contributed by atoms with van der Waals surface area (Å²) < 4.78 is 15.5. The summed E-state index contributed by atoms with van der Waals surface area (Å²) in [7, 11) is 0. The van der Waals surface area contributed by atoms with Gasteiger partial charge in [0.1, 0.15) is 6.61 Å². The molecule has 1 rings (SSSR count). The van der Waals surface area contributed by atoms with Crippen LogP contribution in [0.25, 0.3) is 0 Å². The maximum Gasteiger partial charge on any atom is 0.111 e. The van der Waals surface area contributed by atoms with E-state index in [0.29, 0.717) is 31.8 Å². The van der Waals surface area contributed by atoms with Crippen molar-refractivity contribution in [2.45, 2.75) is 13.0 Å². The van der Waals surface area contributed by atoms with E-state index in [1.54, 1.807) is 0 Å².